The van der Waals surface area contributed by atoms with Crippen molar-refractivity contribution >= 4 is 5.97 Å². The van der Waals surface area contributed by atoms with Gasteiger partial charge in [0.25, 0.3) is 0 Å². The summed E-state index contributed by atoms with van der Waals surface area (Å²) in [5, 5.41) is 13.2. The van der Waals surface area contributed by atoms with E-state index in [1.165, 1.54) is 0 Å². The smallest absolute Gasteiger partial charge is 0.303 e. The Bertz CT molecular complexity index is 645. The minimum Gasteiger partial charge on any atom is -0.481 e. The molecule has 1 atom stereocenters. The molecule has 1 aliphatic heterocycles. The molecular formula is C17H20N2O3. The van der Waals surface area contributed by atoms with E-state index < -0.39 is 5.97 Å². The summed E-state index contributed by atoms with van der Waals surface area (Å²) in [7, 11) is 0. The lowest BCUT2D eigenvalue weighted by Crippen LogP contribution is -2.10. The first-order chi connectivity index (χ1) is 10.7. The molecule has 0 spiro atoms. The maximum absolute atomic E-state index is 10.7. The van der Waals surface area contributed by atoms with Crippen molar-refractivity contribution in [3.63, 3.8) is 0 Å². The predicted molar refractivity (Wildman–Crippen MR) is 82.5 cm³/mol. The molecule has 1 aromatic heterocycles. The fourth-order valence-electron chi connectivity index (χ4n) is 2.76. The molecule has 5 heteroatoms. The van der Waals surface area contributed by atoms with Crippen LogP contribution in [-0.2, 0) is 22.5 Å². The number of benzene rings is 1. The van der Waals surface area contributed by atoms with Crippen molar-refractivity contribution in [1.82, 2.24) is 9.78 Å². The molecule has 0 aliphatic carbocycles. The first-order valence-electron chi connectivity index (χ1n) is 7.62. The molecule has 1 aliphatic rings. The molecule has 22 heavy (non-hydrogen) atoms. The molecular weight excluding hydrogens is 280 g/mol. The fraction of sp³-hybridized carbons (Fsp3) is 0.412. The van der Waals surface area contributed by atoms with Crippen LogP contribution in [0.3, 0.4) is 0 Å². The number of hydrogen-bond donors (Lipinski definition) is 1. The van der Waals surface area contributed by atoms with Gasteiger partial charge >= 0.3 is 5.97 Å². The highest BCUT2D eigenvalue weighted by Crippen LogP contribution is 2.22. The van der Waals surface area contributed by atoms with E-state index in [2.05, 4.69) is 11.3 Å². The van der Waals surface area contributed by atoms with Gasteiger partial charge in [0.15, 0.2) is 0 Å². The van der Waals surface area contributed by atoms with Gasteiger partial charge in [-0.05, 0) is 24.0 Å². The summed E-state index contributed by atoms with van der Waals surface area (Å²) in [4.78, 5) is 10.7. The van der Waals surface area contributed by atoms with E-state index in [0.29, 0.717) is 12.3 Å². The van der Waals surface area contributed by atoms with Gasteiger partial charge in [-0.15, -0.1) is 0 Å². The number of carbonyl (C=O) groups is 1. The molecule has 116 valence electrons. The van der Waals surface area contributed by atoms with E-state index >= 15 is 0 Å². The predicted octanol–water partition coefficient (Wildman–Crippen LogP) is 2.60. The van der Waals surface area contributed by atoms with Crippen LogP contribution in [0.25, 0.3) is 11.1 Å². The Balaban J connectivity index is 1.69. The summed E-state index contributed by atoms with van der Waals surface area (Å²) in [5.41, 5.74) is 3.18. The van der Waals surface area contributed by atoms with Gasteiger partial charge < -0.3 is 9.84 Å². The van der Waals surface area contributed by atoms with Gasteiger partial charge in [0.05, 0.1) is 12.8 Å². The number of aryl methyl sites for hydroxylation is 1. The maximum Gasteiger partial charge on any atom is 0.303 e. The number of ether oxygens (including phenoxy) is 1. The van der Waals surface area contributed by atoms with Gasteiger partial charge in [-0.25, -0.2) is 0 Å². The SMILES string of the molecule is O=C(O)CCc1cccc(-c2cnn(CC3CCOC3)c2)c1. The third-order valence-electron chi connectivity index (χ3n) is 3.99. The molecule has 0 saturated carbocycles. The Morgan fingerprint density at radius 1 is 1.41 bits per heavy atom. The van der Waals surface area contributed by atoms with Crippen LogP contribution < -0.4 is 0 Å². The summed E-state index contributed by atoms with van der Waals surface area (Å²) in [6.45, 7) is 2.56. The first kappa shape index (κ1) is 14.8. The van der Waals surface area contributed by atoms with Gasteiger partial charge in [0.1, 0.15) is 0 Å². The van der Waals surface area contributed by atoms with Crippen LogP contribution in [0.15, 0.2) is 36.7 Å². The zero-order valence-electron chi connectivity index (χ0n) is 12.4. The van der Waals surface area contributed by atoms with Crippen molar-refractivity contribution in [2.45, 2.75) is 25.8 Å². The van der Waals surface area contributed by atoms with E-state index in [1.807, 2.05) is 35.1 Å². The molecule has 1 saturated heterocycles. The normalized spacial score (nSPS) is 17.7. The lowest BCUT2D eigenvalue weighted by Gasteiger charge is -2.06. The van der Waals surface area contributed by atoms with E-state index in [0.717, 1.165) is 42.9 Å². The second-order valence-corrected chi connectivity index (χ2v) is 5.77. The van der Waals surface area contributed by atoms with E-state index in [4.69, 9.17) is 9.84 Å². The van der Waals surface area contributed by atoms with Crippen LogP contribution in [0, 0.1) is 5.92 Å². The summed E-state index contributed by atoms with van der Waals surface area (Å²) >= 11 is 0. The van der Waals surface area contributed by atoms with Crippen molar-refractivity contribution in [2.24, 2.45) is 5.92 Å². The van der Waals surface area contributed by atoms with Gasteiger partial charge in [0.2, 0.25) is 0 Å². The quantitative estimate of drug-likeness (QED) is 0.890. The molecule has 0 bridgehead atoms. The number of carboxylic acids is 1. The average molecular weight is 300 g/mol. The molecule has 1 N–H and O–H groups in total. The van der Waals surface area contributed by atoms with E-state index in [9.17, 15) is 4.79 Å². The zero-order valence-corrected chi connectivity index (χ0v) is 12.4. The molecule has 2 aromatic rings. The summed E-state index contributed by atoms with van der Waals surface area (Å²) in [5.74, 6) is -0.216. The standard InChI is InChI=1S/C17H20N2O3/c20-17(21)5-4-13-2-1-3-15(8-13)16-9-18-19(11-16)10-14-6-7-22-12-14/h1-3,8-9,11,14H,4-7,10,12H2,(H,20,21). The number of nitrogens with zero attached hydrogens (tertiary/aromatic N) is 2. The molecule has 5 nitrogen and oxygen atoms in total. The number of aliphatic carboxylic acids is 1. The highest BCUT2D eigenvalue weighted by molar-refractivity contribution is 5.67. The largest absolute Gasteiger partial charge is 0.481 e. The van der Waals surface area contributed by atoms with Crippen LogP contribution in [-0.4, -0.2) is 34.1 Å². The van der Waals surface area contributed by atoms with Crippen LogP contribution in [0.1, 0.15) is 18.4 Å². The van der Waals surface area contributed by atoms with Crippen LogP contribution in [0.2, 0.25) is 0 Å². The summed E-state index contributed by atoms with van der Waals surface area (Å²) in [6, 6.07) is 8.01. The number of aromatic nitrogens is 2. The number of rotatable bonds is 6. The minimum atomic E-state index is -0.767. The summed E-state index contributed by atoms with van der Waals surface area (Å²) in [6.07, 6.45) is 5.72. The lowest BCUT2D eigenvalue weighted by atomic mass is 10.0. The van der Waals surface area contributed by atoms with Gasteiger partial charge in [-0.1, -0.05) is 24.3 Å². The van der Waals surface area contributed by atoms with Gasteiger partial charge in [-0.2, -0.15) is 5.10 Å². The molecule has 0 radical (unpaired) electrons. The first-order valence-corrected chi connectivity index (χ1v) is 7.62. The molecule has 3 rings (SSSR count). The van der Waals surface area contributed by atoms with Crippen molar-refractivity contribution in [3.05, 3.63) is 42.2 Å². The third-order valence-corrected chi connectivity index (χ3v) is 3.99. The highest BCUT2D eigenvalue weighted by Gasteiger charge is 2.16. The zero-order chi connectivity index (χ0) is 15.4. The fourth-order valence-corrected chi connectivity index (χ4v) is 2.76. The minimum absolute atomic E-state index is 0.157. The molecule has 1 fully saturated rings. The van der Waals surface area contributed by atoms with Crippen molar-refractivity contribution < 1.29 is 14.6 Å². The molecule has 1 aromatic carbocycles. The van der Waals surface area contributed by atoms with Crippen LogP contribution >= 0.6 is 0 Å². The second-order valence-electron chi connectivity index (χ2n) is 5.77. The summed E-state index contributed by atoms with van der Waals surface area (Å²) < 4.78 is 7.36. The average Bonchev–Trinajstić information content (AvgIpc) is 3.18. The van der Waals surface area contributed by atoms with Crippen LogP contribution in [0.4, 0.5) is 0 Å². The Kier molecular flexibility index (Phi) is 4.53. The van der Waals surface area contributed by atoms with E-state index in [-0.39, 0.29) is 6.42 Å². The van der Waals surface area contributed by atoms with Crippen molar-refractivity contribution in [3.8, 4) is 11.1 Å². The number of hydrogen-bond acceptors (Lipinski definition) is 3. The Morgan fingerprint density at radius 3 is 3.09 bits per heavy atom. The van der Waals surface area contributed by atoms with Crippen molar-refractivity contribution in [1.29, 1.82) is 0 Å². The molecule has 1 unspecified atom stereocenters. The number of carboxylic acid groups (broad SMARTS) is 1. The van der Waals surface area contributed by atoms with Crippen LogP contribution in [0.5, 0.6) is 0 Å². The molecule has 0 amide bonds. The molecule has 2 heterocycles. The highest BCUT2D eigenvalue weighted by atomic mass is 16.5. The Hall–Kier alpha value is -2.14. The topological polar surface area (TPSA) is 64.3 Å². The second kappa shape index (κ2) is 6.75. The Labute approximate surface area is 129 Å². The van der Waals surface area contributed by atoms with Gasteiger partial charge in [-0.3, -0.25) is 9.48 Å². The monoisotopic (exact) mass is 300 g/mol. The lowest BCUT2D eigenvalue weighted by molar-refractivity contribution is -0.136. The van der Waals surface area contributed by atoms with Crippen molar-refractivity contribution in [2.75, 3.05) is 13.2 Å². The van der Waals surface area contributed by atoms with E-state index in [1.54, 1.807) is 0 Å². The Morgan fingerprint density at radius 2 is 2.32 bits per heavy atom. The maximum atomic E-state index is 10.7. The van der Waals surface area contributed by atoms with Gasteiger partial charge in [0, 0.05) is 37.3 Å². The third kappa shape index (κ3) is 3.74.